The van der Waals surface area contributed by atoms with Gasteiger partial charge in [0.05, 0.1) is 0 Å². The van der Waals surface area contributed by atoms with Gasteiger partial charge in [-0.3, -0.25) is 0 Å². The molecule has 0 unspecified atom stereocenters. The fraction of sp³-hybridized carbons (Fsp3) is 0.458. The summed E-state index contributed by atoms with van der Waals surface area (Å²) in [4.78, 5) is 0. The first-order valence-electron chi connectivity index (χ1n) is 10.2. The molecule has 146 valence electrons. The second kappa shape index (κ2) is 10.0. The van der Waals surface area contributed by atoms with E-state index >= 15 is 0 Å². The molecule has 0 aliphatic heterocycles. The highest BCUT2D eigenvalue weighted by molar-refractivity contribution is 7.53. The molecule has 2 aromatic rings. The van der Waals surface area contributed by atoms with Crippen molar-refractivity contribution in [1.29, 1.82) is 0 Å². The van der Waals surface area contributed by atoms with Gasteiger partial charge in [-0.05, 0) is 36.1 Å². The van der Waals surface area contributed by atoms with Crippen molar-refractivity contribution >= 4 is 25.3 Å². The van der Waals surface area contributed by atoms with Crippen LogP contribution in [0.4, 0.5) is 11.4 Å². The summed E-state index contributed by atoms with van der Waals surface area (Å²) in [5.41, 5.74) is 6.58. The summed E-state index contributed by atoms with van der Waals surface area (Å²) in [5.74, 6) is 1.23. The number of hydrogen-bond acceptors (Lipinski definition) is 0. The molecule has 0 fully saturated rings. The van der Waals surface area contributed by atoms with E-state index in [1.54, 1.807) is 0 Å². The largest absolute Gasteiger partial charge is 0.253 e. The normalized spacial score (nSPS) is 12.7. The van der Waals surface area contributed by atoms with E-state index in [1.165, 1.54) is 28.3 Å². The lowest BCUT2D eigenvalue weighted by molar-refractivity contribution is -0.262. The van der Waals surface area contributed by atoms with E-state index < -0.39 is 0 Å². The molecule has 0 spiro atoms. The van der Waals surface area contributed by atoms with Crippen LogP contribution in [0, 0.1) is 0 Å². The Morgan fingerprint density at radius 2 is 1.37 bits per heavy atom. The van der Waals surface area contributed by atoms with E-state index in [-0.39, 0.29) is 8.07 Å². The summed E-state index contributed by atoms with van der Waals surface area (Å²) in [5, 5.41) is 3.76. The average molecular weight is 384 g/mol. The molecule has 0 aliphatic carbocycles. The predicted octanol–water partition coefficient (Wildman–Crippen LogP) is 7.20. The van der Waals surface area contributed by atoms with Gasteiger partial charge in [-0.2, -0.15) is 0 Å². The highest BCUT2D eigenvalue weighted by atomic mass is 31.1. The summed E-state index contributed by atoms with van der Waals surface area (Å²) < 4.78 is 2.61. The van der Waals surface area contributed by atoms with Gasteiger partial charge >= 0.3 is 0 Å². The molecule has 0 saturated heterocycles. The van der Waals surface area contributed by atoms with Crippen LogP contribution in [0.2, 0.25) is 0 Å². The van der Waals surface area contributed by atoms with Crippen LogP contribution in [0.3, 0.4) is 0 Å². The number of nitrogens with one attached hydrogen (secondary N) is 1. The van der Waals surface area contributed by atoms with Crippen LogP contribution >= 0.6 is 8.07 Å². The molecule has 3 heteroatoms. The average Bonchev–Trinajstić information content (AvgIpc) is 2.65. The molecule has 1 N–H and O–H groups in total. The minimum Gasteiger partial charge on any atom is -0.244 e. The van der Waals surface area contributed by atoms with E-state index in [1.807, 2.05) is 0 Å². The zero-order chi connectivity index (χ0) is 20.0. The molecular weight excluding hydrogens is 347 g/mol. The molecular formula is C24H36N2P+. The van der Waals surface area contributed by atoms with Crippen molar-refractivity contribution in [1.82, 2.24) is 0 Å². The molecule has 0 atom stereocenters. The number of aryl methyl sites for hydroxylation is 2. The Balaban J connectivity index is 2.65. The first-order chi connectivity index (χ1) is 12.9. The van der Waals surface area contributed by atoms with Gasteiger partial charge < -0.3 is 0 Å². The van der Waals surface area contributed by atoms with Crippen LogP contribution in [-0.4, -0.2) is 21.5 Å². The maximum Gasteiger partial charge on any atom is 0.253 e. The Kier molecular flexibility index (Phi) is 8.05. The number of para-hydroxylation sites is 2. The Morgan fingerprint density at radius 3 is 1.93 bits per heavy atom. The number of anilines is 1. The minimum absolute atomic E-state index is 0.356. The van der Waals surface area contributed by atoms with Crippen LogP contribution in [0.1, 0.15) is 59.6 Å². The van der Waals surface area contributed by atoms with E-state index in [0.29, 0.717) is 11.3 Å². The Labute approximate surface area is 167 Å². The number of amidine groups is 1. The zero-order valence-corrected chi connectivity index (χ0v) is 19.0. The molecule has 2 aromatic carbocycles. The van der Waals surface area contributed by atoms with Gasteiger partial charge in [0.25, 0.3) is 5.84 Å². The summed E-state index contributed by atoms with van der Waals surface area (Å²) in [7, 11) is -0.356. The maximum atomic E-state index is 3.76. The number of rotatable bonds is 7. The van der Waals surface area contributed by atoms with Crippen LogP contribution in [0.5, 0.6) is 0 Å². The van der Waals surface area contributed by atoms with Gasteiger partial charge in [-0.25, -0.2) is 9.66 Å². The summed E-state index contributed by atoms with van der Waals surface area (Å²) in [6.45, 7) is 16.1. The molecule has 0 aliphatic rings. The quantitative estimate of drug-likeness (QED) is 0.303. The molecule has 0 amide bonds. The Bertz CT molecular complexity index is 769. The summed E-state index contributed by atoms with van der Waals surface area (Å²) >= 11 is 0. The van der Waals surface area contributed by atoms with Gasteiger partial charge in [0, 0.05) is 18.2 Å². The minimum atomic E-state index is -0.356. The third-order valence-electron chi connectivity index (χ3n) is 4.92. The van der Waals surface area contributed by atoms with Crippen LogP contribution in [-0.2, 0) is 12.8 Å². The standard InChI is InChI=1S/C24H35N2P/c1-8-21-14-10-12-16-23(21)25-20(7)26(27(18(3)4)19(5)6)24-17-13-11-15-22(24)9-2/h10-19H,8-9H2,1-7H3/p+1. The van der Waals surface area contributed by atoms with E-state index in [9.17, 15) is 0 Å². The highest BCUT2D eigenvalue weighted by Crippen LogP contribution is 2.51. The van der Waals surface area contributed by atoms with E-state index in [2.05, 4.69) is 107 Å². The monoisotopic (exact) mass is 383 g/mol. The zero-order valence-electron chi connectivity index (χ0n) is 18.1. The van der Waals surface area contributed by atoms with Crippen molar-refractivity contribution in [3.05, 3.63) is 59.7 Å². The molecule has 0 radical (unpaired) electrons. The molecule has 0 saturated carbocycles. The highest BCUT2D eigenvalue weighted by Gasteiger charge is 2.30. The lowest BCUT2D eigenvalue weighted by Crippen LogP contribution is -2.24. The van der Waals surface area contributed by atoms with Crippen molar-refractivity contribution < 1.29 is 4.35 Å². The van der Waals surface area contributed by atoms with Gasteiger partial charge in [0.15, 0.2) is 0 Å². The second-order valence-corrected chi connectivity index (χ2v) is 10.8. The fourth-order valence-corrected chi connectivity index (χ4v) is 6.71. The lowest BCUT2D eigenvalue weighted by atomic mass is 10.1. The smallest absolute Gasteiger partial charge is 0.244 e. The number of nitrogens with zero attached hydrogens (tertiary/aromatic N) is 1. The number of benzene rings is 2. The fourth-order valence-electron chi connectivity index (χ4n) is 3.75. The third-order valence-corrected chi connectivity index (χ3v) is 8.02. The Hall–Kier alpha value is -1.66. The van der Waals surface area contributed by atoms with Crippen molar-refractivity contribution in [3.8, 4) is 0 Å². The molecule has 2 rings (SSSR count). The SMILES string of the molecule is CCc1ccccc1NC(C)=[N+](c1ccccc1CC)P(C(C)C)C(C)C. The molecule has 27 heavy (non-hydrogen) atoms. The molecule has 0 bridgehead atoms. The van der Waals surface area contributed by atoms with Crippen molar-refractivity contribution in [2.45, 2.75) is 72.6 Å². The first kappa shape index (κ1) is 21.6. The van der Waals surface area contributed by atoms with Crippen molar-refractivity contribution in [3.63, 3.8) is 0 Å². The predicted molar refractivity (Wildman–Crippen MR) is 123 cm³/mol. The molecule has 0 aromatic heterocycles. The summed E-state index contributed by atoms with van der Waals surface area (Å²) in [6.07, 6.45) is 2.08. The van der Waals surface area contributed by atoms with Crippen molar-refractivity contribution in [2.75, 3.05) is 5.32 Å². The third kappa shape index (κ3) is 5.20. The Morgan fingerprint density at radius 1 is 0.852 bits per heavy atom. The van der Waals surface area contributed by atoms with E-state index in [0.717, 1.165) is 12.8 Å². The van der Waals surface area contributed by atoms with Crippen molar-refractivity contribution in [2.24, 2.45) is 0 Å². The molecule has 2 nitrogen and oxygen atoms in total. The van der Waals surface area contributed by atoms with Gasteiger partial charge in [0.2, 0.25) is 0 Å². The second-order valence-electron chi connectivity index (χ2n) is 7.58. The summed E-state index contributed by atoms with van der Waals surface area (Å²) in [6, 6.07) is 17.5. The van der Waals surface area contributed by atoms with Crippen LogP contribution < -0.4 is 5.32 Å². The van der Waals surface area contributed by atoms with Gasteiger partial charge in [-0.15, -0.1) is 0 Å². The van der Waals surface area contributed by atoms with Crippen LogP contribution in [0.15, 0.2) is 48.5 Å². The number of hydrogen-bond donors (Lipinski definition) is 1. The maximum absolute atomic E-state index is 3.76. The first-order valence-corrected chi connectivity index (χ1v) is 11.7. The van der Waals surface area contributed by atoms with Gasteiger partial charge in [-0.1, -0.05) is 77.9 Å². The van der Waals surface area contributed by atoms with Crippen LogP contribution in [0.25, 0.3) is 0 Å². The molecule has 0 heterocycles. The lowest BCUT2D eigenvalue weighted by Gasteiger charge is -2.28. The van der Waals surface area contributed by atoms with Gasteiger partial charge in [0.1, 0.15) is 19.4 Å². The topological polar surface area (TPSA) is 15.0 Å². The van der Waals surface area contributed by atoms with E-state index in [4.69, 9.17) is 0 Å².